The van der Waals surface area contributed by atoms with Gasteiger partial charge in [-0.25, -0.2) is 4.79 Å². The van der Waals surface area contributed by atoms with Crippen LogP contribution in [0, 0.1) is 0 Å². The summed E-state index contributed by atoms with van der Waals surface area (Å²) in [4.78, 5) is 34.2. The van der Waals surface area contributed by atoms with Gasteiger partial charge >= 0.3 is 5.63 Å². The highest BCUT2D eigenvalue weighted by Crippen LogP contribution is 2.19. The van der Waals surface area contributed by atoms with Crippen LogP contribution in [0.2, 0.25) is 0 Å². The molecule has 0 radical (unpaired) electrons. The second kappa shape index (κ2) is 7.52. The molecule has 0 aliphatic rings. The average molecular weight is 352 g/mol. The Morgan fingerprint density at radius 3 is 2.31 bits per heavy atom. The van der Waals surface area contributed by atoms with E-state index in [2.05, 4.69) is 10.6 Å². The van der Waals surface area contributed by atoms with Crippen molar-refractivity contribution >= 4 is 34.2 Å². The average Bonchev–Trinajstić information content (AvgIpc) is 2.61. The number of fused-ring (bicyclic) bond motifs is 1. The van der Waals surface area contributed by atoms with Crippen molar-refractivity contribution in [1.29, 1.82) is 0 Å². The van der Waals surface area contributed by atoms with Crippen molar-refractivity contribution in [3.63, 3.8) is 0 Å². The largest absolute Gasteiger partial charge is 0.484 e. The van der Waals surface area contributed by atoms with Gasteiger partial charge in [-0.1, -0.05) is 0 Å². The van der Waals surface area contributed by atoms with Gasteiger partial charge in [0.05, 0.1) is 0 Å². The predicted molar refractivity (Wildman–Crippen MR) is 97.4 cm³/mol. The highest BCUT2D eigenvalue weighted by Gasteiger charge is 2.06. The summed E-state index contributed by atoms with van der Waals surface area (Å²) in [6.07, 6.45) is 0. The minimum absolute atomic E-state index is 0.165. The van der Waals surface area contributed by atoms with Crippen LogP contribution in [-0.4, -0.2) is 18.4 Å². The third kappa shape index (κ3) is 4.47. The summed E-state index contributed by atoms with van der Waals surface area (Å²) in [5.74, 6) is -0.0868. The topological polar surface area (TPSA) is 97.6 Å². The fraction of sp³-hybridized carbons (Fsp3) is 0.105. The summed E-state index contributed by atoms with van der Waals surface area (Å²) in [6, 6.07) is 14.7. The van der Waals surface area contributed by atoms with E-state index in [0.717, 1.165) is 5.39 Å². The highest BCUT2D eigenvalue weighted by atomic mass is 16.5. The second-order valence-corrected chi connectivity index (χ2v) is 5.55. The number of hydrogen-bond donors (Lipinski definition) is 2. The van der Waals surface area contributed by atoms with Gasteiger partial charge in [-0.15, -0.1) is 0 Å². The lowest BCUT2D eigenvalue weighted by Crippen LogP contribution is -2.20. The van der Waals surface area contributed by atoms with Gasteiger partial charge in [0.2, 0.25) is 5.91 Å². The Morgan fingerprint density at radius 2 is 1.62 bits per heavy atom. The minimum Gasteiger partial charge on any atom is -0.484 e. The van der Waals surface area contributed by atoms with E-state index in [0.29, 0.717) is 22.7 Å². The van der Waals surface area contributed by atoms with E-state index >= 15 is 0 Å². The summed E-state index contributed by atoms with van der Waals surface area (Å²) < 4.78 is 10.5. The van der Waals surface area contributed by atoms with Crippen molar-refractivity contribution in [2.24, 2.45) is 0 Å². The van der Waals surface area contributed by atoms with Crippen LogP contribution in [0.5, 0.6) is 5.75 Å². The molecule has 0 bridgehead atoms. The number of amides is 2. The van der Waals surface area contributed by atoms with Crippen LogP contribution >= 0.6 is 0 Å². The number of carbonyl (C=O) groups excluding carboxylic acids is 2. The molecule has 0 saturated carbocycles. The first kappa shape index (κ1) is 17.2. The van der Waals surface area contributed by atoms with E-state index < -0.39 is 5.63 Å². The van der Waals surface area contributed by atoms with E-state index in [9.17, 15) is 14.4 Å². The molecule has 0 aliphatic carbocycles. The molecule has 2 aromatic carbocycles. The smallest absolute Gasteiger partial charge is 0.336 e. The fourth-order valence-electron chi connectivity index (χ4n) is 2.32. The van der Waals surface area contributed by atoms with E-state index in [4.69, 9.17) is 9.15 Å². The molecule has 132 valence electrons. The normalized spacial score (nSPS) is 10.3. The van der Waals surface area contributed by atoms with Crippen molar-refractivity contribution < 1.29 is 18.7 Å². The molecule has 0 fully saturated rings. The summed E-state index contributed by atoms with van der Waals surface area (Å²) in [7, 11) is 0. The highest BCUT2D eigenvalue weighted by molar-refractivity contribution is 5.93. The molecule has 3 aromatic rings. The minimum atomic E-state index is -0.449. The standard InChI is InChI=1S/C19H16N2O5/c1-12(22)20-14-4-6-15(7-5-14)21-18(23)11-25-16-8-2-13-3-9-19(24)26-17(13)10-16/h2-10H,11H2,1H3,(H,20,22)(H,21,23). The molecular weight excluding hydrogens is 336 g/mol. The number of carbonyl (C=O) groups is 2. The lowest BCUT2D eigenvalue weighted by atomic mass is 10.2. The Balaban J connectivity index is 1.58. The van der Waals surface area contributed by atoms with Gasteiger partial charge < -0.3 is 19.8 Å². The monoisotopic (exact) mass is 352 g/mol. The maximum atomic E-state index is 12.0. The van der Waals surface area contributed by atoms with Gasteiger partial charge in [0, 0.05) is 35.8 Å². The fourth-order valence-corrected chi connectivity index (χ4v) is 2.32. The molecule has 7 heteroatoms. The summed E-state index contributed by atoms with van der Waals surface area (Å²) in [5, 5.41) is 6.10. The molecule has 7 nitrogen and oxygen atoms in total. The number of benzene rings is 2. The van der Waals surface area contributed by atoms with Crippen molar-refractivity contribution in [3.05, 3.63) is 65.0 Å². The van der Waals surface area contributed by atoms with Crippen LogP contribution in [-0.2, 0) is 9.59 Å². The van der Waals surface area contributed by atoms with Gasteiger partial charge in [-0.05, 0) is 42.5 Å². The Bertz CT molecular complexity index is 1010. The van der Waals surface area contributed by atoms with Crippen LogP contribution in [0.15, 0.2) is 63.8 Å². The number of nitrogens with one attached hydrogen (secondary N) is 2. The zero-order valence-electron chi connectivity index (χ0n) is 13.9. The zero-order chi connectivity index (χ0) is 18.5. The van der Waals surface area contributed by atoms with Crippen LogP contribution in [0.3, 0.4) is 0 Å². The number of ether oxygens (including phenoxy) is 1. The molecule has 0 aliphatic heterocycles. The van der Waals surface area contributed by atoms with Crippen LogP contribution in [0.25, 0.3) is 11.0 Å². The number of anilines is 2. The van der Waals surface area contributed by atoms with Gasteiger partial charge in [-0.3, -0.25) is 9.59 Å². The Hall–Kier alpha value is -3.61. The Kier molecular flexibility index (Phi) is 4.98. The third-order valence-electron chi connectivity index (χ3n) is 3.45. The lowest BCUT2D eigenvalue weighted by Gasteiger charge is -2.09. The molecule has 2 N–H and O–H groups in total. The van der Waals surface area contributed by atoms with Crippen LogP contribution < -0.4 is 21.0 Å². The summed E-state index contributed by atoms with van der Waals surface area (Å²) in [6.45, 7) is 1.22. The number of hydrogen-bond acceptors (Lipinski definition) is 5. The molecule has 0 atom stereocenters. The Morgan fingerprint density at radius 1 is 0.962 bits per heavy atom. The van der Waals surface area contributed by atoms with Crippen molar-refractivity contribution in [2.45, 2.75) is 6.92 Å². The maximum Gasteiger partial charge on any atom is 0.336 e. The summed E-state index contributed by atoms with van der Waals surface area (Å²) in [5.41, 5.74) is 1.17. The quantitative estimate of drug-likeness (QED) is 0.688. The zero-order valence-corrected chi connectivity index (χ0v) is 13.9. The van der Waals surface area contributed by atoms with E-state index in [1.807, 2.05) is 0 Å². The van der Waals surface area contributed by atoms with Crippen molar-refractivity contribution in [1.82, 2.24) is 0 Å². The van der Waals surface area contributed by atoms with E-state index in [1.54, 1.807) is 48.5 Å². The number of rotatable bonds is 5. The van der Waals surface area contributed by atoms with Gasteiger partial charge in [0.15, 0.2) is 6.61 Å². The van der Waals surface area contributed by atoms with Crippen molar-refractivity contribution in [3.8, 4) is 5.75 Å². The first-order valence-electron chi connectivity index (χ1n) is 7.84. The van der Waals surface area contributed by atoms with Crippen LogP contribution in [0.4, 0.5) is 11.4 Å². The third-order valence-corrected chi connectivity index (χ3v) is 3.45. The van der Waals surface area contributed by atoms with Crippen LogP contribution in [0.1, 0.15) is 6.92 Å². The molecule has 0 spiro atoms. The Labute approximate surface area is 148 Å². The predicted octanol–water partition coefficient (Wildman–Crippen LogP) is 2.77. The molecule has 2 amide bonds. The van der Waals surface area contributed by atoms with Crippen molar-refractivity contribution in [2.75, 3.05) is 17.2 Å². The maximum absolute atomic E-state index is 12.0. The molecule has 1 heterocycles. The molecule has 3 rings (SSSR count). The van der Waals surface area contributed by atoms with Gasteiger partial charge in [0.1, 0.15) is 11.3 Å². The SMILES string of the molecule is CC(=O)Nc1ccc(NC(=O)COc2ccc3ccc(=O)oc3c2)cc1. The molecule has 0 saturated heterocycles. The molecular formula is C19H16N2O5. The molecule has 0 unspecified atom stereocenters. The first-order valence-corrected chi connectivity index (χ1v) is 7.84. The van der Waals surface area contributed by atoms with E-state index in [1.165, 1.54) is 13.0 Å². The van der Waals surface area contributed by atoms with Gasteiger partial charge in [-0.2, -0.15) is 0 Å². The van der Waals surface area contributed by atoms with E-state index in [-0.39, 0.29) is 18.4 Å². The van der Waals surface area contributed by atoms with Gasteiger partial charge in [0.25, 0.3) is 5.91 Å². The second-order valence-electron chi connectivity index (χ2n) is 5.55. The summed E-state index contributed by atoms with van der Waals surface area (Å²) >= 11 is 0. The molecule has 26 heavy (non-hydrogen) atoms. The molecule has 1 aromatic heterocycles. The first-order chi connectivity index (χ1) is 12.5. The lowest BCUT2D eigenvalue weighted by molar-refractivity contribution is -0.118.